The third kappa shape index (κ3) is 3.11. The molecule has 0 unspecified atom stereocenters. The molecule has 3 N–H and O–H groups in total. The van der Waals surface area contributed by atoms with E-state index in [4.69, 9.17) is 5.73 Å². The van der Waals surface area contributed by atoms with Gasteiger partial charge < -0.3 is 11.1 Å². The Hall–Kier alpha value is -2.44. The van der Waals surface area contributed by atoms with Crippen molar-refractivity contribution in [1.82, 2.24) is 25.1 Å². The number of nitrogen functional groups attached to an aromatic ring is 1. The molecule has 2 aromatic rings. The monoisotopic (exact) mass is 274 g/mol. The third-order valence-electron chi connectivity index (χ3n) is 3.03. The Labute approximate surface area is 117 Å². The van der Waals surface area contributed by atoms with Crippen LogP contribution >= 0.6 is 0 Å². The SMILES string of the molecule is Cc1nccc(CNC(=O)Cn2nc(C)c(N)c2C)n1. The molecule has 7 nitrogen and oxygen atoms in total. The van der Waals surface area contributed by atoms with Gasteiger partial charge in [-0.25, -0.2) is 9.97 Å². The topological polar surface area (TPSA) is 98.7 Å². The fourth-order valence-corrected chi connectivity index (χ4v) is 1.85. The smallest absolute Gasteiger partial charge is 0.242 e. The molecule has 1 amide bonds. The molecule has 7 heteroatoms. The molecule has 0 bridgehead atoms. The Morgan fingerprint density at radius 3 is 2.75 bits per heavy atom. The van der Waals surface area contributed by atoms with Gasteiger partial charge in [-0.15, -0.1) is 0 Å². The number of nitrogens with zero attached hydrogens (tertiary/aromatic N) is 4. The van der Waals surface area contributed by atoms with Gasteiger partial charge in [0, 0.05) is 6.20 Å². The second kappa shape index (κ2) is 5.68. The first-order valence-corrected chi connectivity index (χ1v) is 6.32. The van der Waals surface area contributed by atoms with Crippen molar-refractivity contribution in [2.45, 2.75) is 33.9 Å². The lowest BCUT2D eigenvalue weighted by Crippen LogP contribution is -2.28. The minimum absolute atomic E-state index is 0.133. The molecule has 0 aliphatic carbocycles. The predicted octanol–water partition coefficient (Wildman–Crippen LogP) is 0.497. The average Bonchev–Trinajstić information content (AvgIpc) is 2.64. The normalized spacial score (nSPS) is 10.6. The molecule has 0 saturated heterocycles. The van der Waals surface area contributed by atoms with Crippen molar-refractivity contribution in [2.24, 2.45) is 0 Å². The summed E-state index contributed by atoms with van der Waals surface area (Å²) in [5.41, 5.74) is 8.77. The summed E-state index contributed by atoms with van der Waals surface area (Å²) in [4.78, 5) is 20.1. The highest BCUT2D eigenvalue weighted by molar-refractivity contribution is 5.75. The van der Waals surface area contributed by atoms with Gasteiger partial charge in [-0.1, -0.05) is 0 Å². The minimum Gasteiger partial charge on any atom is -0.396 e. The molecular formula is C13H18N6O. The maximum atomic E-state index is 11.9. The summed E-state index contributed by atoms with van der Waals surface area (Å²) in [7, 11) is 0. The molecule has 0 saturated carbocycles. The van der Waals surface area contributed by atoms with Crippen molar-refractivity contribution < 1.29 is 4.79 Å². The van der Waals surface area contributed by atoms with Crippen molar-refractivity contribution in [3.05, 3.63) is 35.2 Å². The van der Waals surface area contributed by atoms with Crippen LogP contribution in [0.4, 0.5) is 5.69 Å². The summed E-state index contributed by atoms with van der Waals surface area (Å²) >= 11 is 0. The van der Waals surface area contributed by atoms with E-state index in [2.05, 4.69) is 20.4 Å². The molecule has 0 radical (unpaired) electrons. The number of anilines is 1. The highest BCUT2D eigenvalue weighted by Gasteiger charge is 2.11. The van der Waals surface area contributed by atoms with Gasteiger partial charge in [0.1, 0.15) is 12.4 Å². The number of nitrogens with two attached hydrogens (primary N) is 1. The van der Waals surface area contributed by atoms with Crippen LogP contribution in [0.1, 0.15) is 22.9 Å². The lowest BCUT2D eigenvalue weighted by molar-refractivity contribution is -0.122. The van der Waals surface area contributed by atoms with Crippen molar-refractivity contribution in [1.29, 1.82) is 0 Å². The van der Waals surface area contributed by atoms with E-state index in [1.54, 1.807) is 16.9 Å². The van der Waals surface area contributed by atoms with Gasteiger partial charge in [-0.3, -0.25) is 9.48 Å². The van der Waals surface area contributed by atoms with Crippen molar-refractivity contribution in [2.75, 3.05) is 5.73 Å². The zero-order chi connectivity index (χ0) is 14.7. The summed E-state index contributed by atoms with van der Waals surface area (Å²) in [5.74, 6) is 0.551. The Balaban J connectivity index is 1.94. The standard InChI is InChI=1S/C13H18N6O/c1-8-13(14)9(2)19(18-8)7-12(20)16-6-11-4-5-15-10(3)17-11/h4-5H,6-7,14H2,1-3H3,(H,16,20). The molecule has 0 spiro atoms. The van der Waals surface area contributed by atoms with E-state index in [0.717, 1.165) is 17.1 Å². The quantitative estimate of drug-likeness (QED) is 0.845. The third-order valence-corrected chi connectivity index (χ3v) is 3.03. The molecule has 0 aromatic carbocycles. The van der Waals surface area contributed by atoms with Crippen LogP contribution in [-0.2, 0) is 17.9 Å². The molecule has 2 heterocycles. The molecular weight excluding hydrogens is 256 g/mol. The van der Waals surface area contributed by atoms with E-state index in [0.29, 0.717) is 18.1 Å². The molecule has 0 fully saturated rings. The zero-order valence-electron chi connectivity index (χ0n) is 11.8. The maximum Gasteiger partial charge on any atom is 0.242 e. The van der Waals surface area contributed by atoms with E-state index in [1.165, 1.54) is 0 Å². The van der Waals surface area contributed by atoms with Gasteiger partial charge >= 0.3 is 0 Å². The second-order valence-electron chi connectivity index (χ2n) is 4.61. The van der Waals surface area contributed by atoms with Crippen LogP contribution in [-0.4, -0.2) is 25.7 Å². The van der Waals surface area contributed by atoms with Gasteiger partial charge in [-0.05, 0) is 26.8 Å². The van der Waals surface area contributed by atoms with Crippen LogP contribution in [0.25, 0.3) is 0 Å². The molecule has 106 valence electrons. The number of hydrogen-bond donors (Lipinski definition) is 2. The summed E-state index contributed by atoms with van der Waals surface area (Å²) in [6.45, 7) is 5.99. The average molecular weight is 274 g/mol. The number of carbonyl (C=O) groups is 1. The number of aryl methyl sites for hydroxylation is 2. The van der Waals surface area contributed by atoms with E-state index in [-0.39, 0.29) is 12.5 Å². The number of amides is 1. The van der Waals surface area contributed by atoms with Gasteiger partial charge in [0.15, 0.2) is 0 Å². The van der Waals surface area contributed by atoms with Crippen molar-refractivity contribution in [3.63, 3.8) is 0 Å². The maximum absolute atomic E-state index is 11.9. The first-order chi connectivity index (χ1) is 9.47. The van der Waals surface area contributed by atoms with Gasteiger partial charge in [0.2, 0.25) is 5.91 Å². The van der Waals surface area contributed by atoms with Crippen LogP contribution in [0.3, 0.4) is 0 Å². The largest absolute Gasteiger partial charge is 0.396 e. The van der Waals surface area contributed by atoms with Crippen molar-refractivity contribution >= 4 is 11.6 Å². The predicted molar refractivity (Wildman–Crippen MR) is 74.7 cm³/mol. The summed E-state index contributed by atoms with van der Waals surface area (Å²) < 4.78 is 1.60. The molecule has 0 atom stereocenters. The Bertz CT molecular complexity index is 634. The van der Waals surface area contributed by atoms with Crippen LogP contribution in [0.5, 0.6) is 0 Å². The first-order valence-electron chi connectivity index (χ1n) is 6.32. The van der Waals surface area contributed by atoms with Gasteiger partial charge in [0.05, 0.1) is 29.3 Å². The number of hydrogen-bond acceptors (Lipinski definition) is 5. The highest BCUT2D eigenvalue weighted by Crippen LogP contribution is 2.14. The second-order valence-corrected chi connectivity index (χ2v) is 4.61. The molecule has 20 heavy (non-hydrogen) atoms. The molecule has 2 rings (SSSR count). The molecule has 2 aromatic heterocycles. The van der Waals surface area contributed by atoms with Crippen LogP contribution in [0.2, 0.25) is 0 Å². The Kier molecular flexibility index (Phi) is 3.97. The minimum atomic E-state index is -0.133. The highest BCUT2D eigenvalue weighted by atomic mass is 16.2. The van der Waals surface area contributed by atoms with Crippen LogP contribution < -0.4 is 11.1 Å². The number of rotatable bonds is 4. The lowest BCUT2D eigenvalue weighted by atomic mass is 10.3. The van der Waals surface area contributed by atoms with Crippen LogP contribution in [0.15, 0.2) is 12.3 Å². The number of aromatic nitrogens is 4. The summed E-state index contributed by atoms with van der Waals surface area (Å²) in [6.07, 6.45) is 1.67. The van der Waals surface area contributed by atoms with E-state index in [1.807, 2.05) is 20.8 Å². The van der Waals surface area contributed by atoms with Crippen molar-refractivity contribution in [3.8, 4) is 0 Å². The molecule has 0 aliphatic heterocycles. The molecule has 0 aliphatic rings. The summed E-state index contributed by atoms with van der Waals surface area (Å²) in [5, 5.41) is 7.02. The van der Waals surface area contributed by atoms with Gasteiger partial charge in [0.25, 0.3) is 0 Å². The number of carbonyl (C=O) groups excluding carboxylic acids is 1. The first kappa shape index (κ1) is 14.0. The van der Waals surface area contributed by atoms with Crippen LogP contribution in [0, 0.1) is 20.8 Å². The van der Waals surface area contributed by atoms with E-state index >= 15 is 0 Å². The Morgan fingerprint density at radius 1 is 1.40 bits per heavy atom. The fourth-order valence-electron chi connectivity index (χ4n) is 1.85. The van der Waals surface area contributed by atoms with Gasteiger partial charge in [-0.2, -0.15) is 5.10 Å². The fraction of sp³-hybridized carbons (Fsp3) is 0.385. The number of nitrogens with one attached hydrogen (secondary N) is 1. The Morgan fingerprint density at radius 2 is 2.15 bits per heavy atom. The lowest BCUT2D eigenvalue weighted by Gasteiger charge is -2.06. The van der Waals surface area contributed by atoms with E-state index < -0.39 is 0 Å². The van der Waals surface area contributed by atoms with E-state index in [9.17, 15) is 4.79 Å². The zero-order valence-corrected chi connectivity index (χ0v) is 11.8. The summed E-state index contributed by atoms with van der Waals surface area (Å²) in [6, 6.07) is 1.77.